The average molecular weight is 277 g/mol. The molecule has 0 bridgehead atoms. The molecule has 0 rings (SSSR count). The molecule has 0 spiro atoms. The Morgan fingerprint density at radius 3 is 1.71 bits per heavy atom. The fraction of sp³-hybridized carbons (Fsp3) is 0.833. The minimum absolute atomic E-state index is 0.248. The third-order valence-corrected chi connectivity index (χ3v) is 1.48. The second kappa shape index (κ2) is 8.43. The number of hydrogen-bond acceptors (Lipinski definition) is 8. The average Bonchev–Trinajstić information content (AvgIpc) is 2.22. The van der Waals surface area contributed by atoms with Crippen molar-refractivity contribution in [3.05, 3.63) is 0 Å². The molecule has 4 atom stereocenters. The maximum Gasteiger partial charge on any atom is 0.394 e. The molecule has 11 heteroatoms. The Balaban J connectivity index is 0. The van der Waals surface area contributed by atoms with Crippen molar-refractivity contribution in [2.24, 2.45) is 5.73 Å². The molecular formula is C6H15NO9S. The summed E-state index contributed by atoms with van der Waals surface area (Å²) in [5.41, 5.74) is 5.04. The lowest BCUT2D eigenvalue weighted by molar-refractivity contribution is -0.118. The van der Waals surface area contributed by atoms with Gasteiger partial charge in [-0.1, -0.05) is 0 Å². The Morgan fingerprint density at radius 2 is 1.47 bits per heavy atom. The van der Waals surface area contributed by atoms with E-state index >= 15 is 0 Å². The van der Waals surface area contributed by atoms with Crippen LogP contribution in [0, 0.1) is 0 Å². The number of nitrogens with two attached hydrogens (primary N) is 1. The van der Waals surface area contributed by atoms with E-state index in [1.165, 1.54) is 0 Å². The maximum atomic E-state index is 10.0. The van der Waals surface area contributed by atoms with E-state index in [9.17, 15) is 4.79 Å². The van der Waals surface area contributed by atoms with Crippen LogP contribution in [-0.4, -0.2) is 75.2 Å². The first kappa shape index (κ1) is 18.7. The van der Waals surface area contributed by atoms with Crippen LogP contribution in [0.4, 0.5) is 0 Å². The zero-order chi connectivity index (χ0) is 14.2. The molecule has 0 saturated heterocycles. The predicted octanol–water partition coefficient (Wildman–Crippen LogP) is -4.07. The third-order valence-electron chi connectivity index (χ3n) is 1.48. The van der Waals surface area contributed by atoms with E-state index < -0.39 is 41.4 Å². The topological polar surface area (TPSA) is 199 Å². The molecule has 17 heavy (non-hydrogen) atoms. The SMILES string of the molecule is N[C@@H](C=O)[C@@H](O)[C@@H](O)[C@H](O)CO.O=S(=O)(O)O. The number of aldehydes is 1. The number of carbonyl (C=O) groups is 1. The van der Waals surface area contributed by atoms with Crippen molar-refractivity contribution < 1.29 is 42.7 Å². The Hall–Kier alpha value is -0.660. The summed E-state index contributed by atoms with van der Waals surface area (Å²) in [7, 11) is -4.67. The normalized spacial score (nSPS) is 18.3. The van der Waals surface area contributed by atoms with E-state index in [0.29, 0.717) is 0 Å². The molecule has 0 saturated carbocycles. The highest BCUT2D eigenvalue weighted by Crippen LogP contribution is 2.01. The van der Waals surface area contributed by atoms with Gasteiger partial charge in [-0.25, -0.2) is 0 Å². The molecule has 0 fully saturated rings. The van der Waals surface area contributed by atoms with Crippen LogP contribution in [0.3, 0.4) is 0 Å². The lowest BCUT2D eigenvalue weighted by Gasteiger charge is -2.23. The van der Waals surface area contributed by atoms with Crippen LogP contribution in [0.5, 0.6) is 0 Å². The number of aliphatic hydroxyl groups is 4. The van der Waals surface area contributed by atoms with E-state index in [0.717, 1.165) is 0 Å². The van der Waals surface area contributed by atoms with Gasteiger partial charge in [-0.15, -0.1) is 0 Å². The van der Waals surface area contributed by atoms with Gasteiger partial charge in [-0.2, -0.15) is 8.42 Å². The Labute approximate surface area is 96.9 Å². The second-order valence-corrected chi connectivity index (χ2v) is 3.79. The predicted molar refractivity (Wildman–Crippen MR) is 53.3 cm³/mol. The van der Waals surface area contributed by atoms with E-state index in [1.54, 1.807) is 0 Å². The third kappa shape index (κ3) is 11.6. The van der Waals surface area contributed by atoms with Crippen LogP contribution in [0.15, 0.2) is 0 Å². The van der Waals surface area contributed by atoms with E-state index in [2.05, 4.69) is 0 Å². The quantitative estimate of drug-likeness (QED) is 0.191. The Bertz CT molecular complexity index is 297. The summed E-state index contributed by atoms with van der Waals surface area (Å²) in [4.78, 5) is 10.0. The molecule has 0 amide bonds. The van der Waals surface area contributed by atoms with Gasteiger partial charge in [0.1, 0.15) is 24.6 Å². The molecule has 0 unspecified atom stereocenters. The monoisotopic (exact) mass is 277 g/mol. The molecule has 10 nitrogen and oxygen atoms in total. The highest BCUT2D eigenvalue weighted by molar-refractivity contribution is 7.79. The lowest BCUT2D eigenvalue weighted by atomic mass is 10.0. The van der Waals surface area contributed by atoms with Crippen molar-refractivity contribution in [3.63, 3.8) is 0 Å². The fourth-order valence-corrected chi connectivity index (χ4v) is 0.644. The summed E-state index contributed by atoms with van der Waals surface area (Å²) in [6, 6.07) is -1.26. The van der Waals surface area contributed by atoms with Gasteiger partial charge in [0.15, 0.2) is 0 Å². The minimum atomic E-state index is -4.67. The van der Waals surface area contributed by atoms with Crippen molar-refractivity contribution in [3.8, 4) is 0 Å². The lowest BCUT2D eigenvalue weighted by Crippen LogP contribution is -2.49. The zero-order valence-corrected chi connectivity index (χ0v) is 9.30. The van der Waals surface area contributed by atoms with E-state index in [1.807, 2.05) is 0 Å². The summed E-state index contributed by atoms with van der Waals surface area (Å²) < 4.78 is 31.6. The number of hydrogen-bond donors (Lipinski definition) is 7. The van der Waals surface area contributed by atoms with Gasteiger partial charge < -0.3 is 31.0 Å². The summed E-state index contributed by atoms with van der Waals surface area (Å²) in [6.45, 7) is -0.705. The van der Waals surface area contributed by atoms with Gasteiger partial charge in [0.05, 0.1) is 12.6 Å². The van der Waals surface area contributed by atoms with Gasteiger partial charge >= 0.3 is 10.4 Å². The van der Waals surface area contributed by atoms with Crippen molar-refractivity contribution in [1.29, 1.82) is 0 Å². The van der Waals surface area contributed by atoms with Gasteiger partial charge in [0.2, 0.25) is 0 Å². The summed E-state index contributed by atoms with van der Waals surface area (Å²) in [5, 5.41) is 35.2. The molecule has 0 aromatic heterocycles. The molecule has 0 aromatic rings. The van der Waals surface area contributed by atoms with Crippen LogP contribution in [0.2, 0.25) is 0 Å². The molecule has 0 radical (unpaired) electrons. The van der Waals surface area contributed by atoms with Crippen molar-refractivity contribution in [2.75, 3.05) is 6.61 Å². The van der Waals surface area contributed by atoms with Crippen molar-refractivity contribution in [1.82, 2.24) is 0 Å². The molecule has 0 aromatic carbocycles. The van der Waals surface area contributed by atoms with Crippen LogP contribution >= 0.6 is 0 Å². The number of carbonyl (C=O) groups excluding carboxylic acids is 1. The molecule has 104 valence electrons. The highest BCUT2D eigenvalue weighted by Gasteiger charge is 2.28. The first-order valence-electron chi connectivity index (χ1n) is 4.10. The number of rotatable bonds is 5. The van der Waals surface area contributed by atoms with Crippen LogP contribution < -0.4 is 5.73 Å². The van der Waals surface area contributed by atoms with Crippen molar-refractivity contribution >= 4 is 16.7 Å². The minimum Gasteiger partial charge on any atom is -0.394 e. The van der Waals surface area contributed by atoms with Gasteiger partial charge in [0.25, 0.3) is 0 Å². The molecule has 0 aliphatic heterocycles. The molecular weight excluding hydrogens is 262 g/mol. The summed E-state index contributed by atoms with van der Waals surface area (Å²) >= 11 is 0. The van der Waals surface area contributed by atoms with Crippen molar-refractivity contribution in [2.45, 2.75) is 24.4 Å². The standard InChI is InChI=1S/C6H13NO5.H2O4S/c7-3(1-8)5(11)6(12)4(10)2-9;1-5(2,3)4/h1,3-6,9-12H,2,7H2;(H2,1,2,3,4)/t3-,4+,5+,6-;/m0./s1. The first-order valence-corrected chi connectivity index (χ1v) is 5.50. The fourth-order valence-electron chi connectivity index (χ4n) is 0.644. The molecule has 8 N–H and O–H groups in total. The van der Waals surface area contributed by atoms with Gasteiger partial charge in [0, 0.05) is 0 Å². The smallest absolute Gasteiger partial charge is 0.394 e. The Morgan fingerprint density at radius 1 is 1.12 bits per heavy atom. The largest absolute Gasteiger partial charge is 0.394 e. The van der Waals surface area contributed by atoms with E-state index in [-0.39, 0.29) is 6.29 Å². The molecule has 0 aliphatic carbocycles. The molecule has 0 aliphatic rings. The van der Waals surface area contributed by atoms with Crippen LogP contribution in [0.25, 0.3) is 0 Å². The number of aliphatic hydroxyl groups excluding tert-OH is 4. The maximum absolute atomic E-state index is 10.0. The van der Waals surface area contributed by atoms with Gasteiger partial charge in [-0.3, -0.25) is 9.11 Å². The van der Waals surface area contributed by atoms with Crippen LogP contribution in [0.1, 0.15) is 0 Å². The summed E-state index contributed by atoms with van der Waals surface area (Å²) in [6.07, 6.45) is -4.43. The van der Waals surface area contributed by atoms with Crippen LogP contribution in [-0.2, 0) is 15.2 Å². The summed E-state index contributed by atoms with van der Waals surface area (Å²) in [5.74, 6) is 0. The van der Waals surface area contributed by atoms with Gasteiger partial charge in [-0.05, 0) is 0 Å². The molecule has 0 heterocycles. The first-order chi connectivity index (χ1) is 7.54. The van der Waals surface area contributed by atoms with E-state index in [4.69, 9.17) is 43.7 Å². The second-order valence-electron chi connectivity index (χ2n) is 2.89. The highest BCUT2D eigenvalue weighted by atomic mass is 32.3. The Kier molecular flexibility index (Phi) is 9.28. The zero-order valence-electron chi connectivity index (χ0n) is 8.49.